The van der Waals surface area contributed by atoms with E-state index in [0.29, 0.717) is 5.56 Å². The first kappa shape index (κ1) is 21.0. The van der Waals surface area contributed by atoms with Crippen LogP contribution in [0.1, 0.15) is 43.5 Å². The molecule has 1 aromatic rings. The van der Waals surface area contributed by atoms with E-state index < -0.39 is 22.0 Å². The van der Waals surface area contributed by atoms with Gasteiger partial charge in [0.25, 0.3) is 0 Å². The molecule has 27 heavy (non-hydrogen) atoms. The highest BCUT2D eigenvalue weighted by Gasteiger charge is 2.23. The number of nitrogens with one attached hydrogen (secondary N) is 2. The highest BCUT2D eigenvalue weighted by molar-refractivity contribution is 7.89. The minimum Gasteiger partial charge on any atom is -0.354 e. The van der Waals surface area contributed by atoms with E-state index in [1.807, 2.05) is 0 Å². The topological polar surface area (TPSA) is 113 Å². The number of ketones is 1. The summed E-state index contributed by atoms with van der Waals surface area (Å²) in [6, 6.07) is 4.48. The van der Waals surface area contributed by atoms with Crippen LogP contribution in [-0.2, 0) is 19.6 Å². The highest BCUT2D eigenvalue weighted by Crippen LogP contribution is 2.12. The summed E-state index contributed by atoms with van der Waals surface area (Å²) in [5.74, 6) is -0.678. The summed E-state index contributed by atoms with van der Waals surface area (Å²) in [6.45, 7) is 4.49. The lowest BCUT2D eigenvalue weighted by Crippen LogP contribution is -2.45. The molecule has 0 aliphatic carbocycles. The van der Waals surface area contributed by atoms with Crippen LogP contribution in [0.3, 0.4) is 0 Å². The molecule has 1 aliphatic rings. The fourth-order valence-corrected chi connectivity index (χ4v) is 4.00. The molecule has 1 atom stereocenters. The number of hydrogen-bond donors (Lipinski definition) is 2. The molecule has 0 spiro atoms. The fraction of sp³-hybridized carbons (Fsp3) is 0.500. The molecule has 8 nitrogen and oxygen atoms in total. The van der Waals surface area contributed by atoms with Gasteiger partial charge in [0.05, 0.1) is 10.9 Å². The number of amides is 2. The summed E-state index contributed by atoms with van der Waals surface area (Å²) in [4.78, 5) is 37.0. The van der Waals surface area contributed by atoms with Crippen LogP contribution in [0.25, 0.3) is 0 Å². The largest absolute Gasteiger partial charge is 0.354 e. The smallest absolute Gasteiger partial charge is 0.241 e. The molecular weight excluding hydrogens is 370 g/mol. The summed E-state index contributed by atoms with van der Waals surface area (Å²) in [5, 5.41) is 2.58. The van der Waals surface area contributed by atoms with Crippen LogP contribution in [0, 0.1) is 0 Å². The lowest BCUT2D eigenvalue weighted by molar-refractivity contribution is -0.130. The summed E-state index contributed by atoms with van der Waals surface area (Å²) in [5.41, 5.74) is 0.405. The molecule has 1 unspecified atom stereocenters. The van der Waals surface area contributed by atoms with Gasteiger partial charge in [-0.15, -0.1) is 0 Å². The minimum absolute atomic E-state index is 0.00778. The van der Waals surface area contributed by atoms with Gasteiger partial charge in [0.1, 0.15) is 0 Å². The molecule has 1 fully saturated rings. The third kappa shape index (κ3) is 5.86. The van der Waals surface area contributed by atoms with Crippen LogP contribution in [0.15, 0.2) is 29.2 Å². The number of carbonyl (C=O) groups excluding carboxylic acids is 3. The van der Waals surface area contributed by atoms with Crippen LogP contribution < -0.4 is 10.0 Å². The molecule has 2 N–H and O–H groups in total. The lowest BCUT2D eigenvalue weighted by Gasteiger charge is -2.17. The molecule has 1 heterocycles. The number of sulfonamides is 1. The fourth-order valence-electron chi connectivity index (χ4n) is 2.79. The number of benzene rings is 1. The van der Waals surface area contributed by atoms with Gasteiger partial charge in [-0.2, -0.15) is 4.72 Å². The predicted octanol–water partition coefficient (Wildman–Crippen LogP) is 0.685. The Balaban J connectivity index is 1.84. The van der Waals surface area contributed by atoms with Crippen molar-refractivity contribution in [2.24, 2.45) is 0 Å². The van der Waals surface area contributed by atoms with Gasteiger partial charge in [0.2, 0.25) is 21.8 Å². The maximum Gasteiger partial charge on any atom is 0.241 e. The summed E-state index contributed by atoms with van der Waals surface area (Å²) in [7, 11) is -3.90. The standard InChI is InChI=1S/C18H25N3O5S/c1-13(18(24)19-10-9-17(23)21-11-3-4-12-21)20-27(25,26)16-7-5-15(6-8-16)14(2)22/h5-8,13,20H,3-4,9-12H2,1-2H3,(H,19,24). The second-order valence-electron chi connectivity index (χ2n) is 6.55. The third-order valence-corrected chi connectivity index (χ3v) is 5.95. The Labute approximate surface area is 159 Å². The number of nitrogens with zero attached hydrogens (tertiary/aromatic N) is 1. The second kappa shape index (κ2) is 9.09. The molecule has 0 bridgehead atoms. The Hall–Kier alpha value is -2.26. The van der Waals surface area contributed by atoms with Gasteiger partial charge < -0.3 is 10.2 Å². The van der Waals surface area contributed by atoms with Crippen LogP contribution in [0.4, 0.5) is 0 Å². The quantitative estimate of drug-likeness (QED) is 0.629. The zero-order valence-electron chi connectivity index (χ0n) is 15.5. The van der Waals surface area contributed by atoms with E-state index >= 15 is 0 Å². The molecule has 2 amide bonds. The maximum atomic E-state index is 12.3. The molecule has 1 saturated heterocycles. The van der Waals surface area contributed by atoms with E-state index in [1.165, 1.54) is 38.1 Å². The van der Waals surface area contributed by atoms with E-state index in [0.717, 1.165) is 25.9 Å². The molecule has 0 saturated carbocycles. The summed E-state index contributed by atoms with van der Waals surface area (Å²) >= 11 is 0. The van der Waals surface area contributed by atoms with Crippen molar-refractivity contribution >= 4 is 27.6 Å². The third-order valence-electron chi connectivity index (χ3n) is 4.39. The van der Waals surface area contributed by atoms with Crippen LogP contribution in [-0.4, -0.2) is 56.6 Å². The summed E-state index contributed by atoms with van der Waals surface area (Å²) < 4.78 is 27.0. The average Bonchev–Trinajstić information content (AvgIpc) is 3.16. The van der Waals surface area contributed by atoms with Crippen molar-refractivity contribution in [3.05, 3.63) is 29.8 Å². The predicted molar refractivity (Wildman–Crippen MR) is 99.7 cm³/mol. The Kier molecular flexibility index (Phi) is 7.09. The number of carbonyl (C=O) groups is 3. The van der Waals surface area contributed by atoms with Gasteiger partial charge in [-0.25, -0.2) is 8.42 Å². The zero-order chi connectivity index (χ0) is 20.0. The SMILES string of the molecule is CC(=O)c1ccc(S(=O)(=O)NC(C)C(=O)NCCC(=O)N2CCCC2)cc1. The second-order valence-corrected chi connectivity index (χ2v) is 8.27. The molecule has 2 rings (SSSR count). The number of Topliss-reactive ketones (excluding diaryl/α,β-unsaturated/α-hetero) is 1. The maximum absolute atomic E-state index is 12.3. The zero-order valence-corrected chi connectivity index (χ0v) is 16.3. The van der Waals surface area contributed by atoms with E-state index in [-0.39, 0.29) is 29.6 Å². The molecule has 1 aromatic carbocycles. The number of hydrogen-bond acceptors (Lipinski definition) is 5. The van der Waals surface area contributed by atoms with Crippen LogP contribution >= 0.6 is 0 Å². The van der Waals surface area contributed by atoms with Crippen molar-refractivity contribution in [3.63, 3.8) is 0 Å². The molecule has 0 aromatic heterocycles. The normalized spacial score (nSPS) is 15.4. The molecule has 0 radical (unpaired) electrons. The van der Waals surface area contributed by atoms with Gasteiger partial charge in [-0.1, -0.05) is 12.1 Å². The van der Waals surface area contributed by atoms with E-state index in [4.69, 9.17) is 0 Å². The number of likely N-dealkylation sites (tertiary alicyclic amines) is 1. The van der Waals surface area contributed by atoms with Gasteiger partial charge in [0.15, 0.2) is 5.78 Å². The van der Waals surface area contributed by atoms with Gasteiger partial charge in [0, 0.05) is 31.6 Å². The average molecular weight is 395 g/mol. The Bertz CT molecular complexity index is 799. The van der Waals surface area contributed by atoms with Gasteiger partial charge >= 0.3 is 0 Å². The Morgan fingerprint density at radius 1 is 1.11 bits per heavy atom. The molecular formula is C18H25N3O5S. The van der Waals surface area contributed by atoms with Crippen molar-refractivity contribution in [3.8, 4) is 0 Å². The summed E-state index contributed by atoms with van der Waals surface area (Å²) in [6.07, 6.45) is 2.20. The first-order valence-electron chi connectivity index (χ1n) is 8.89. The first-order chi connectivity index (χ1) is 12.7. The molecule has 148 valence electrons. The van der Waals surface area contributed by atoms with Gasteiger partial charge in [-0.3, -0.25) is 14.4 Å². The van der Waals surface area contributed by atoms with E-state index in [9.17, 15) is 22.8 Å². The van der Waals surface area contributed by atoms with Crippen molar-refractivity contribution in [1.82, 2.24) is 14.9 Å². The van der Waals surface area contributed by atoms with Crippen molar-refractivity contribution in [2.45, 2.75) is 44.0 Å². The Morgan fingerprint density at radius 2 is 1.70 bits per heavy atom. The van der Waals surface area contributed by atoms with E-state index in [2.05, 4.69) is 10.0 Å². The van der Waals surface area contributed by atoms with Crippen molar-refractivity contribution in [2.75, 3.05) is 19.6 Å². The minimum atomic E-state index is -3.90. The lowest BCUT2D eigenvalue weighted by atomic mass is 10.2. The molecule has 9 heteroatoms. The molecule has 1 aliphatic heterocycles. The van der Waals surface area contributed by atoms with Crippen molar-refractivity contribution in [1.29, 1.82) is 0 Å². The first-order valence-corrected chi connectivity index (χ1v) is 10.4. The highest BCUT2D eigenvalue weighted by atomic mass is 32.2. The van der Waals surface area contributed by atoms with Crippen LogP contribution in [0.2, 0.25) is 0 Å². The van der Waals surface area contributed by atoms with Crippen LogP contribution in [0.5, 0.6) is 0 Å². The van der Waals surface area contributed by atoms with E-state index in [1.54, 1.807) is 4.90 Å². The monoisotopic (exact) mass is 395 g/mol. The Morgan fingerprint density at radius 3 is 2.26 bits per heavy atom. The van der Waals surface area contributed by atoms with Gasteiger partial charge in [-0.05, 0) is 38.8 Å². The van der Waals surface area contributed by atoms with Crippen molar-refractivity contribution < 1.29 is 22.8 Å². The number of rotatable bonds is 8.